The number of nitrogens with zero attached hydrogens (tertiary/aromatic N) is 2. The molecule has 0 spiro atoms. The van der Waals surface area contributed by atoms with Gasteiger partial charge in [0.1, 0.15) is 5.75 Å². The van der Waals surface area contributed by atoms with Crippen molar-refractivity contribution < 1.29 is 14.6 Å². The van der Waals surface area contributed by atoms with Gasteiger partial charge in [0.25, 0.3) is 11.5 Å². The molecule has 0 fully saturated rings. The minimum atomic E-state index is -1.04. The van der Waals surface area contributed by atoms with Crippen molar-refractivity contribution in [3.63, 3.8) is 0 Å². The van der Waals surface area contributed by atoms with Crippen molar-refractivity contribution in [2.24, 2.45) is 0 Å². The zero-order valence-electron chi connectivity index (χ0n) is 18.5. The van der Waals surface area contributed by atoms with E-state index >= 15 is 0 Å². The van der Waals surface area contributed by atoms with E-state index in [1.54, 1.807) is 32.4 Å². The van der Waals surface area contributed by atoms with Gasteiger partial charge < -0.3 is 15.2 Å². The largest absolute Gasteiger partial charge is 0.501 e. The van der Waals surface area contributed by atoms with Crippen LogP contribution in [0.4, 0.5) is 0 Å². The fourth-order valence-corrected chi connectivity index (χ4v) is 3.58. The van der Waals surface area contributed by atoms with Crippen LogP contribution in [0, 0.1) is 0 Å². The van der Waals surface area contributed by atoms with Gasteiger partial charge in [0.2, 0.25) is 5.75 Å². The number of hydrogen-bond donors (Lipinski definition) is 4. The maximum absolute atomic E-state index is 12.6. The topological polar surface area (TPSA) is 142 Å². The molecule has 0 aliphatic rings. The summed E-state index contributed by atoms with van der Waals surface area (Å²) in [6.45, 7) is 2.36. The summed E-state index contributed by atoms with van der Waals surface area (Å²) in [7, 11) is 1.57. The van der Waals surface area contributed by atoms with Gasteiger partial charge in [-0.05, 0) is 30.2 Å². The minimum Gasteiger partial charge on any atom is -0.501 e. The first-order chi connectivity index (χ1) is 16.4. The third kappa shape index (κ3) is 4.75. The molecule has 0 saturated heterocycles. The van der Waals surface area contributed by atoms with Gasteiger partial charge in [-0.2, -0.15) is 5.10 Å². The summed E-state index contributed by atoms with van der Waals surface area (Å²) in [4.78, 5) is 39.7. The second-order valence-electron chi connectivity index (χ2n) is 7.70. The Balaban J connectivity index is 1.58. The number of carbonyl (C=O) groups is 1. The van der Waals surface area contributed by atoms with Gasteiger partial charge in [-0.3, -0.25) is 24.2 Å². The number of aromatic hydroxyl groups is 1. The Hall–Kier alpha value is -4.60. The summed E-state index contributed by atoms with van der Waals surface area (Å²) in [5.41, 5.74) is 1.05. The molecule has 2 aromatic heterocycles. The second kappa shape index (κ2) is 9.49. The molecule has 0 aliphatic carbocycles. The number of ether oxygens (including phenoxy) is 1. The van der Waals surface area contributed by atoms with E-state index in [1.165, 1.54) is 0 Å². The van der Waals surface area contributed by atoms with E-state index in [4.69, 9.17) is 4.74 Å². The Morgan fingerprint density at radius 2 is 1.94 bits per heavy atom. The zero-order chi connectivity index (χ0) is 24.2. The van der Waals surface area contributed by atoms with Crippen molar-refractivity contribution in [2.75, 3.05) is 7.11 Å². The van der Waals surface area contributed by atoms with Crippen LogP contribution in [0.25, 0.3) is 11.1 Å². The number of benzene rings is 2. The third-order valence-electron chi connectivity index (χ3n) is 5.35. The molecule has 0 bridgehead atoms. The van der Waals surface area contributed by atoms with Crippen LogP contribution in [-0.4, -0.2) is 37.9 Å². The second-order valence-corrected chi connectivity index (χ2v) is 7.70. The molecule has 174 valence electrons. The number of amides is 1. The lowest BCUT2D eigenvalue weighted by atomic mass is 10.0. The molecule has 1 atom stereocenters. The molecular weight excluding hydrogens is 438 g/mol. The predicted octanol–water partition coefficient (Wildman–Crippen LogP) is 2.18. The molecule has 2 heterocycles. The van der Waals surface area contributed by atoms with Crippen molar-refractivity contribution in [3.05, 3.63) is 98.6 Å². The lowest BCUT2D eigenvalue weighted by molar-refractivity contribution is 0.0931. The molecule has 4 N–H and O–H groups in total. The lowest BCUT2D eigenvalue weighted by Gasteiger charge is -2.17. The number of carbonyl (C=O) groups excluding carboxylic acids is 1. The van der Waals surface area contributed by atoms with Crippen LogP contribution >= 0.6 is 0 Å². The van der Waals surface area contributed by atoms with Crippen molar-refractivity contribution >= 4 is 5.91 Å². The molecule has 4 aromatic rings. The molecule has 10 heteroatoms. The Morgan fingerprint density at radius 3 is 2.68 bits per heavy atom. The monoisotopic (exact) mass is 461 g/mol. The van der Waals surface area contributed by atoms with Crippen LogP contribution in [0.5, 0.6) is 11.5 Å². The van der Waals surface area contributed by atoms with Crippen LogP contribution < -0.4 is 21.3 Å². The van der Waals surface area contributed by atoms with E-state index < -0.39 is 34.6 Å². The normalized spacial score (nSPS) is 11.7. The SMILES string of the molecule is COc1ccc([C@@H](C)NC(=O)c2[nH]c(=O)[nH]c(=O)c2O)cc1-c1cnn(Cc2ccccc2)c1. The molecule has 1 amide bonds. The number of hydrogen-bond acceptors (Lipinski definition) is 6. The Labute approximate surface area is 193 Å². The molecule has 34 heavy (non-hydrogen) atoms. The Morgan fingerprint density at radius 1 is 1.18 bits per heavy atom. The van der Waals surface area contributed by atoms with Crippen molar-refractivity contribution in [2.45, 2.75) is 19.5 Å². The summed E-state index contributed by atoms with van der Waals surface area (Å²) < 4.78 is 7.35. The first-order valence-corrected chi connectivity index (χ1v) is 10.5. The summed E-state index contributed by atoms with van der Waals surface area (Å²) in [5.74, 6) is -1.01. The highest BCUT2D eigenvalue weighted by molar-refractivity contribution is 5.94. The van der Waals surface area contributed by atoms with Crippen LogP contribution in [0.2, 0.25) is 0 Å². The van der Waals surface area contributed by atoms with E-state index in [2.05, 4.69) is 15.4 Å². The summed E-state index contributed by atoms with van der Waals surface area (Å²) in [6.07, 6.45) is 3.66. The van der Waals surface area contributed by atoms with Crippen LogP contribution in [0.1, 0.15) is 34.6 Å². The first-order valence-electron chi connectivity index (χ1n) is 10.5. The number of H-pyrrole nitrogens is 2. The van der Waals surface area contributed by atoms with Gasteiger partial charge in [-0.1, -0.05) is 36.4 Å². The fourth-order valence-electron chi connectivity index (χ4n) is 3.58. The summed E-state index contributed by atoms with van der Waals surface area (Å²) >= 11 is 0. The summed E-state index contributed by atoms with van der Waals surface area (Å²) in [6, 6.07) is 14.9. The summed E-state index contributed by atoms with van der Waals surface area (Å²) in [5, 5.41) is 17.0. The van der Waals surface area contributed by atoms with Gasteiger partial charge in [-0.15, -0.1) is 0 Å². The smallest absolute Gasteiger partial charge is 0.326 e. The number of nitrogens with one attached hydrogen (secondary N) is 3. The fraction of sp³-hybridized carbons (Fsp3) is 0.167. The maximum Gasteiger partial charge on any atom is 0.326 e. The average Bonchev–Trinajstić information content (AvgIpc) is 3.29. The van der Waals surface area contributed by atoms with Crippen molar-refractivity contribution in [3.8, 4) is 22.6 Å². The number of aromatic nitrogens is 4. The minimum absolute atomic E-state index is 0.503. The molecule has 4 rings (SSSR count). The van der Waals surface area contributed by atoms with E-state index in [-0.39, 0.29) is 0 Å². The third-order valence-corrected chi connectivity index (χ3v) is 5.35. The van der Waals surface area contributed by atoms with Gasteiger partial charge >= 0.3 is 5.69 Å². The molecule has 0 radical (unpaired) electrons. The number of aromatic amines is 2. The van der Waals surface area contributed by atoms with Crippen LogP contribution in [0.3, 0.4) is 0 Å². The average molecular weight is 461 g/mol. The molecule has 0 unspecified atom stereocenters. The van der Waals surface area contributed by atoms with Crippen LogP contribution in [0.15, 0.2) is 70.5 Å². The van der Waals surface area contributed by atoms with Crippen molar-refractivity contribution in [1.82, 2.24) is 25.1 Å². The molecule has 0 saturated carbocycles. The Kier molecular flexibility index (Phi) is 6.30. The molecule has 2 aromatic carbocycles. The van der Waals surface area contributed by atoms with E-state index in [0.29, 0.717) is 12.3 Å². The lowest BCUT2D eigenvalue weighted by Crippen LogP contribution is -2.32. The van der Waals surface area contributed by atoms with E-state index in [0.717, 1.165) is 22.3 Å². The molecule has 10 nitrogen and oxygen atoms in total. The maximum atomic E-state index is 12.6. The highest BCUT2D eigenvalue weighted by Gasteiger charge is 2.20. The number of rotatable bonds is 7. The zero-order valence-corrected chi connectivity index (χ0v) is 18.5. The molecule has 0 aliphatic heterocycles. The predicted molar refractivity (Wildman–Crippen MR) is 125 cm³/mol. The van der Waals surface area contributed by atoms with Crippen LogP contribution in [-0.2, 0) is 6.54 Å². The van der Waals surface area contributed by atoms with Crippen molar-refractivity contribution in [1.29, 1.82) is 0 Å². The van der Waals surface area contributed by atoms with Gasteiger partial charge in [0, 0.05) is 17.3 Å². The van der Waals surface area contributed by atoms with Gasteiger partial charge in [0.15, 0.2) is 5.69 Å². The Bertz CT molecular complexity index is 1440. The highest BCUT2D eigenvalue weighted by atomic mass is 16.5. The van der Waals surface area contributed by atoms with Gasteiger partial charge in [0.05, 0.1) is 25.9 Å². The highest BCUT2D eigenvalue weighted by Crippen LogP contribution is 2.32. The quantitative estimate of drug-likeness (QED) is 0.332. The van der Waals surface area contributed by atoms with E-state index in [9.17, 15) is 19.5 Å². The standard InChI is InChI=1S/C24H23N5O5/c1-14(26-22(31)20-21(30)23(32)28-24(33)27-20)16-8-9-19(34-2)18(10-16)17-11-25-29(13-17)12-15-6-4-3-5-7-15/h3-11,13-14,30H,12H2,1-2H3,(H,26,31)(H2,27,28,32,33)/t14-/m1/s1. The van der Waals surface area contributed by atoms with E-state index in [1.807, 2.05) is 52.3 Å². The van der Waals surface area contributed by atoms with Gasteiger partial charge in [-0.25, -0.2) is 4.79 Å². The first kappa shape index (κ1) is 22.6. The molecular formula is C24H23N5O5. The number of methoxy groups -OCH3 is 1.